The van der Waals surface area contributed by atoms with Crippen LogP contribution < -0.4 is 5.32 Å². The average Bonchev–Trinajstić information content (AvgIpc) is 2.31. The van der Waals surface area contributed by atoms with Crippen molar-refractivity contribution in [2.45, 2.75) is 26.3 Å². The van der Waals surface area contributed by atoms with Crippen molar-refractivity contribution in [3.8, 4) is 0 Å². The van der Waals surface area contributed by atoms with E-state index >= 15 is 0 Å². The molecule has 0 saturated heterocycles. The topological polar surface area (TPSA) is 69.6 Å². The van der Waals surface area contributed by atoms with E-state index in [0.717, 1.165) is 6.54 Å². The molecule has 18 heavy (non-hydrogen) atoms. The highest BCUT2D eigenvalue weighted by atomic mass is 35.5. The van der Waals surface area contributed by atoms with E-state index in [-0.39, 0.29) is 24.6 Å². The minimum Gasteiger partial charge on any atom is -0.478 e. The fourth-order valence-electron chi connectivity index (χ4n) is 1.12. The van der Waals surface area contributed by atoms with E-state index in [2.05, 4.69) is 5.32 Å². The van der Waals surface area contributed by atoms with Crippen LogP contribution in [0.4, 0.5) is 0 Å². The van der Waals surface area contributed by atoms with Gasteiger partial charge < -0.3 is 15.5 Å². The van der Waals surface area contributed by atoms with Crippen molar-refractivity contribution in [3.63, 3.8) is 0 Å². The maximum Gasteiger partial charge on any atom is 0.335 e. The Bertz CT molecular complexity index is 328. The maximum atomic E-state index is 10.2. The van der Waals surface area contributed by atoms with Crippen LogP contribution in [0, 0.1) is 0 Å². The second-order valence-electron chi connectivity index (χ2n) is 4.24. The molecule has 0 aliphatic rings. The lowest BCUT2D eigenvalue weighted by atomic mass is 10.1. The third kappa shape index (κ3) is 8.98. The quantitative estimate of drug-likeness (QED) is 0.788. The SMILES string of the molecule is CCNC(C)(C)CO.Cl.O=C(O)c1ccccc1. The molecule has 0 spiro atoms. The molecule has 0 atom stereocenters. The Morgan fingerprint density at radius 1 is 1.28 bits per heavy atom. The molecule has 0 aliphatic carbocycles. The van der Waals surface area contributed by atoms with E-state index in [1.807, 2.05) is 20.8 Å². The zero-order valence-electron chi connectivity index (χ0n) is 11.0. The average molecular weight is 276 g/mol. The number of carbonyl (C=O) groups is 1. The molecule has 1 rings (SSSR count). The Hall–Kier alpha value is -1.10. The Morgan fingerprint density at radius 2 is 1.78 bits per heavy atom. The van der Waals surface area contributed by atoms with Crippen LogP contribution in [0.3, 0.4) is 0 Å². The first-order valence-electron chi connectivity index (χ1n) is 5.57. The van der Waals surface area contributed by atoms with Crippen molar-refractivity contribution in [1.29, 1.82) is 0 Å². The van der Waals surface area contributed by atoms with E-state index in [1.165, 1.54) is 0 Å². The molecule has 0 saturated carbocycles. The van der Waals surface area contributed by atoms with Crippen molar-refractivity contribution in [2.24, 2.45) is 0 Å². The Morgan fingerprint density at radius 3 is 2.00 bits per heavy atom. The maximum absolute atomic E-state index is 10.2. The van der Waals surface area contributed by atoms with Crippen molar-refractivity contribution < 1.29 is 15.0 Å². The fourth-order valence-corrected chi connectivity index (χ4v) is 1.12. The van der Waals surface area contributed by atoms with Gasteiger partial charge in [0.05, 0.1) is 12.2 Å². The second kappa shape index (κ2) is 9.88. The molecule has 0 aromatic heterocycles. The monoisotopic (exact) mass is 275 g/mol. The van der Waals surface area contributed by atoms with E-state index in [9.17, 15) is 4.79 Å². The van der Waals surface area contributed by atoms with E-state index in [0.29, 0.717) is 5.56 Å². The van der Waals surface area contributed by atoms with Crippen LogP contribution in [0.5, 0.6) is 0 Å². The van der Waals surface area contributed by atoms with Crippen molar-refractivity contribution in [2.75, 3.05) is 13.2 Å². The highest BCUT2D eigenvalue weighted by Crippen LogP contribution is 1.97. The zero-order chi connectivity index (χ0) is 13.3. The summed E-state index contributed by atoms with van der Waals surface area (Å²) in [4.78, 5) is 10.2. The summed E-state index contributed by atoms with van der Waals surface area (Å²) in [6.07, 6.45) is 0. The molecule has 1 aromatic carbocycles. The number of carboxylic acid groups (broad SMARTS) is 1. The molecule has 0 unspecified atom stereocenters. The number of likely N-dealkylation sites (N-methyl/N-ethyl adjacent to an activating group) is 1. The van der Waals surface area contributed by atoms with Crippen LogP contribution in [0.1, 0.15) is 31.1 Å². The normalized spacial score (nSPS) is 9.78. The summed E-state index contributed by atoms with van der Waals surface area (Å²) in [7, 11) is 0. The summed E-state index contributed by atoms with van der Waals surface area (Å²) in [6, 6.07) is 8.30. The molecule has 1 aromatic rings. The van der Waals surface area contributed by atoms with E-state index in [4.69, 9.17) is 10.2 Å². The summed E-state index contributed by atoms with van der Waals surface area (Å²) < 4.78 is 0. The lowest BCUT2D eigenvalue weighted by Crippen LogP contribution is -2.42. The van der Waals surface area contributed by atoms with Gasteiger partial charge in [-0.1, -0.05) is 25.1 Å². The predicted octanol–water partition coefficient (Wildman–Crippen LogP) is 2.17. The molecule has 104 valence electrons. The van der Waals surface area contributed by atoms with Gasteiger partial charge in [-0.3, -0.25) is 0 Å². The number of aliphatic hydroxyl groups is 1. The van der Waals surface area contributed by atoms with Gasteiger partial charge in [0.2, 0.25) is 0 Å². The van der Waals surface area contributed by atoms with Crippen molar-refractivity contribution in [1.82, 2.24) is 5.32 Å². The number of aromatic carboxylic acids is 1. The molecular weight excluding hydrogens is 254 g/mol. The Labute approximate surface area is 114 Å². The second-order valence-corrected chi connectivity index (χ2v) is 4.24. The number of halogens is 1. The number of carboxylic acids is 1. The molecule has 0 heterocycles. The summed E-state index contributed by atoms with van der Waals surface area (Å²) in [5, 5.41) is 20.2. The molecule has 0 amide bonds. The van der Waals surface area contributed by atoms with Gasteiger partial charge in [0.15, 0.2) is 0 Å². The van der Waals surface area contributed by atoms with Crippen LogP contribution >= 0.6 is 12.4 Å². The zero-order valence-corrected chi connectivity index (χ0v) is 11.8. The molecule has 0 bridgehead atoms. The van der Waals surface area contributed by atoms with Gasteiger partial charge in [-0.05, 0) is 32.5 Å². The highest BCUT2D eigenvalue weighted by molar-refractivity contribution is 5.87. The van der Waals surface area contributed by atoms with Crippen molar-refractivity contribution >= 4 is 18.4 Å². The third-order valence-electron chi connectivity index (χ3n) is 2.07. The van der Waals surface area contributed by atoms with Crippen LogP contribution in [0.2, 0.25) is 0 Å². The van der Waals surface area contributed by atoms with Crippen LogP contribution in [-0.4, -0.2) is 34.9 Å². The number of nitrogens with one attached hydrogen (secondary N) is 1. The van der Waals surface area contributed by atoms with E-state index < -0.39 is 5.97 Å². The molecular formula is C13H22ClNO3. The van der Waals surface area contributed by atoms with Crippen LogP contribution in [0.25, 0.3) is 0 Å². The van der Waals surface area contributed by atoms with Crippen LogP contribution in [0.15, 0.2) is 30.3 Å². The van der Waals surface area contributed by atoms with Gasteiger partial charge in [0, 0.05) is 5.54 Å². The smallest absolute Gasteiger partial charge is 0.335 e. The first-order chi connectivity index (χ1) is 7.93. The molecule has 4 nitrogen and oxygen atoms in total. The van der Waals surface area contributed by atoms with Gasteiger partial charge in [-0.2, -0.15) is 0 Å². The third-order valence-corrected chi connectivity index (χ3v) is 2.07. The van der Waals surface area contributed by atoms with Crippen molar-refractivity contribution in [3.05, 3.63) is 35.9 Å². The summed E-state index contributed by atoms with van der Waals surface area (Å²) in [5.41, 5.74) is 0.229. The summed E-state index contributed by atoms with van der Waals surface area (Å²) in [5.74, 6) is -0.879. The van der Waals surface area contributed by atoms with Crippen LogP contribution in [-0.2, 0) is 0 Å². The Balaban J connectivity index is 0. The number of hydrogen-bond donors (Lipinski definition) is 3. The Kier molecular flexibility index (Phi) is 10.6. The molecule has 0 fully saturated rings. The largest absolute Gasteiger partial charge is 0.478 e. The summed E-state index contributed by atoms with van der Waals surface area (Å²) in [6.45, 7) is 7.07. The molecule has 0 radical (unpaired) electrons. The first kappa shape index (κ1) is 19.2. The van der Waals surface area contributed by atoms with Gasteiger partial charge in [0.25, 0.3) is 0 Å². The standard InChI is InChI=1S/C7H6O2.C6H15NO.ClH/c8-7(9)6-4-2-1-3-5-6;1-4-7-6(2,3)5-8;/h1-5H,(H,8,9);7-8H,4-5H2,1-3H3;1H. The lowest BCUT2D eigenvalue weighted by Gasteiger charge is -2.21. The highest BCUT2D eigenvalue weighted by Gasteiger charge is 2.12. The van der Waals surface area contributed by atoms with E-state index in [1.54, 1.807) is 30.3 Å². The minimum atomic E-state index is -0.879. The van der Waals surface area contributed by atoms with Gasteiger partial charge >= 0.3 is 5.97 Å². The van der Waals surface area contributed by atoms with Gasteiger partial charge in [0.1, 0.15) is 0 Å². The van der Waals surface area contributed by atoms with Gasteiger partial charge in [-0.25, -0.2) is 4.79 Å². The molecule has 5 heteroatoms. The number of rotatable bonds is 4. The number of benzene rings is 1. The van der Waals surface area contributed by atoms with Gasteiger partial charge in [-0.15, -0.1) is 12.4 Å². The fraction of sp³-hybridized carbons (Fsp3) is 0.462. The minimum absolute atomic E-state index is 0. The first-order valence-corrected chi connectivity index (χ1v) is 5.57. The molecule has 3 N–H and O–H groups in total. The predicted molar refractivity (Wildman–Crippen MR) is 75.5 cm³/mol. The molecule has 0 aliphatic heterocycles. The lowest BCUT2D eigenvalue weighted by molar-refractivity contribution is 0.0697. The number of aliphatic hydroxyl groups excluding tert-OH is 1. The summed E-state index contributed by atoms with van der Waals surface area (Å²) >= 11 is 0. The number of hydrogen-bond acceptors (Lipinski definition) is 3.